The lowest BCUT2D eigenvalue weighted by atomic mass is 9.98. The van der Waals surface area contributed by atoms with Crippen molar-refractivity contribution in [2.24, 2.45) is 0 Å². The highest BCUT2D eigenvalue weighted by Gasteiger charge is 2.03. The van der Waals surface area contributed by atoms with E-state index in [2.05, 4.69) is 56.3 Å². The second-order valence-corrected chi connectivity index (χ2v) is 4.77. The molecule has 17 heavy (non-hydrogen) atoms. The van der Waals surface area contributed by atoms with E-state index in [4.69, 9.17) is 0 Å². The Hall–Kier alpha value is -1.57. The molecule has 1 heterocycles. The zero-order valence-corrected chi connectivity index (χ0v) is 10.9. The lowest BCUT2D eigenvalue weighted by Gasteiger charge is -2.09. The van der Waals surface area contributed by atoms with Gasteiger partial charge in [-0.1, -0.05) is 38.1 Å². The van der Waals surface area contributed by atoms with Gasteiger partial charge in [-0.15, -0.1) is 0 Å². The number of nitrogens with zero attached hydrogens (tertiary/aromatic N) is 2. The van der Waals surface area contributed by atoms with Crippen LogP contribution in [0.3, 0.4) is 0 Å². The van der Waals surface area contributed by atoms with Gasteiger partial charge in [-0.2, -0.15) is 5.10 Å². The van der Waals surface area contributed by atoms with Gasteiger partial charge in [-0.25, -0.2) is 0 Å². The van der Waals surface area contributed by atoms with Gasteiger partial charge in [0.25, 0.3) is 0 Å². The summed E-state index contributed by atoms with van der Waals surface area (Å²) < 4.78 is 1.98. The predicted octanol–water partition coefficient (Wildman–Crippen LogP) is 3.75. The van der Waals surface area contributed by atoms with E-state index in [0.29, 0.717) is 5.92 Å². The van der Waals surface area contributed by atoms with Crippen LogP contribution in [0, 0.1) is 6.92 Å². The maximum Gasteiger partial charge on any atom is 0.0659 e. The first-order valence-electron chi connectivity index (χ1n) is 6.27. The molecule has 0 bridgehead atoms. The van der Waals surface area contributed by atoms with Crippen LogP contribution < -0.4 is 0 Å². The lowest BCUT2D eigenvalue weighted by Crippen LogP contribution is -2.00. The number of benzene rings is 1. The third-order valence-corrected chi connectivity index (χ3v) is 3.27. The molecule has 0 saturated carbocycles. The Morgan fingerprint density at radius 3 is 2.47 bits per heavy atom. The molecule has 1 atom stereocenters. The van der Waals surface area contributed by atoms with Crippen molar-refractivity contribution in [3.05, 3.63) is 53.3 Å². The normalized spacial score (nSPS) is 12.6. The van der Waals surface area contributed by atoms with E-state index >= 15 is 0 Å². The summed E-state index contributed by atoms with van der Waals surface area (Å²) in [5.41, 5.74) is 3.94. The average Bonchev–Trinajstić information content (AvgIpc) is 2.75. The molecule has 0 amide bonds. The number of hydrogen-bond acceptors (Lipinski definition) is 1. The van der Waals surface area contributed by atoms with Crippen molar-refractivity contribution in [3.63, 3.8) is 0 Å². The molecule has 0 aliphatic carbocycles. The van der Waals surface area contributed by atoms with Gasteiger partial charge < -0.3 is 0 Å². The smallest absolute Gasteiger partial charge is 0.0659 e. The summed E-state index contributed by atoms with van der Waals surface area (Å²) >= 11 is 0. The monoisotopic (exact) mass is 228 g/mol. The van der Waals surface area contributed by atoms with Gasteiger partial charge in [-0.3, -0.25) is 4.68 Å². The van der Waals surface area contributed by atoms with Crippen molar-refractivity contribution >= 4 is 0 Å². The fraction of sp³-hybridized carbons (Fsp3) is 0.400. The fourth-order valence-electron chi connectivity index (χ4n) is 1.93. The quantitative estimate of drug-likeness (QED) is 0.779. The Labute approximate surface area is 103 Å². The molecule has 0 radical (unpaired) electrons. The molecule has 0 saturated heterocycles. The first kappa shape index (κ1) is 11.9. The zero-order chi connectivity index (χ0) is 12.3. The summed E-state index contributed by atoms with van der Waals surface area (Å²) in [6, 6.07) is 8.89. The molecule has 2 rings (SSSR count). The topological polar surface area (TPSA) is 17.8 Å². The minimum Gasteiger partial charge on any atom is -0.268 e. The minimum atomic E-state index is 0.649. The van der Waals surface area contributed by atoms with Crippen molar-refractivity contribution in [3.8, 4) is 0 Å². The van der Waals surface area contributed by atoms with E-state index in [9.17, 15) is 0 Å². The van der Waals surface area contributed by atoms with Gasteiger partial charge in [0.05, 0.1) is 12.7 Å². The van der Waals surface area contributed by atoms with Gasteiger partial charge in [0.15, 0.2) is 0 Å². The second-order valence-electron chi connectivity index (χ2n) is 4.77. The SMILES string of the molecule is CCC(C)c1ccc(Cn2cc(C)cn2)cc1. The van der Waals surface area contributed by atoms with E-state index in [1.54, 1.807) is 0 Å². The summed E-state index contributed by atoms with van der Waals surface area (Å²) in [5, 5.41) is 4.30. The summed E-state index contributed by atoms with van der Waals surface area (Å²) in [6.07, 6.45) is 5.16. The van der Waals surface area contributed by atoms with Crippen LogP contribution in [0.25, 0.3) is 0 Å². The summed E-state index contributed by atoms with van der Waals surface area (Å²) in [4.78, 5) is 0. The molecular formula is C15H20N2. The second kappa shape index (κ2) is 5.17. The van der Waals surface area contributed by atoms with Crippen molar-refractivity contribution in [2.75, 3.05) is 0 Å². The van der Waals surface area contributed by atoms with Crippen molar-refractivity contribution in [1.82, 2.24) is 9.78 Å². The van der Waals surface area contributed by atoms with Crippen LogP contribution in [0.15, 0.2) is 36.7 Å². The Morgan fingerprint density at radius 1 is 1.24 bits per heavy atom. The maximum absolute atomic E-state index is 4.30. The summed E-state index contributed by atoms with van der Waals surface area (Å²) in [7, 11) is 0. The molecule has 2 nitrogen and oxygen atoms in total. The number of aromatic nitrogens is 2. The minimum absolute atomic E-state index is 0.649. The third-order valence-electron chi connectivity index (χ3n) is 3.27. The van der Waals surface area contributed by atoms with E-state index in [0.717, 1.165) is 6.54 Å². The zero-order valence-electron chi connectivity index (χ0n) is 10.9. The van der Waals surface area contributed by atoms with Crippen LogP contribution >= 0.6 is 0 Å². The van der Waals surface area contributed by atoms with Crippen molar-refractivity contribution < 1.29 is 0 Å². The highest BCUT2D eigenvalue weighted by molar-refractivity contribution is 5.25. The van der Waals surface area contributed by atoms with Crippen LogP contribution in [-0.4, -0.2) is 9.78 Å². The van der Waals surface area contributed by atoms with Gasteiger partial charge in [0, 0.05) is 6.20 Å². The predicted molar refractivity (Wildman–Crippen MR) is 71.2 cm³/mol. The fourth-order valence-corrected chi connectivity index (χ4v) is 1.93. The molecule has 0 aliphatic rings. The molecule has 2 aromatic rings. The number of rotatable bonds is 4. The highest BCUT2D eigenvalue weighted by atomic mass is 15.3. The van der Waals surface area contributed by atoms with Gasteiger partial charge in [0.1, 0.15) is 0 Å². The largest absolute Gasteiger partial charge is 0.268 e. The molecule has 0 N–H and O–H groups in total. The van der Waals surface area contributed by atoms with Crippen LogP contribution in [0.5, 0.6) is 0 Å². The average molecular weight is 228 g/mol. The molecule has 0 fully saturated rings. The Bertz CT molecular complexity index is 468. The van der Waals surface area contributed by atoms with E-state index < -0.39 is 0 Å². The van der Waals surface area contributed by atoms with Crippen LogP contribution in [0.2, 0.25) is 0 Å². The van der Waals surface area contributed by atoms with Crippen LogP contribution in [0.1, 0.15) is 42.9 Å². The van der Waals surface area contributed by atoms with Crippen molar-refractivity contribution in [2.45, 2.75) is 39.7 Å². The molecule has 1 aromatic carbocycles. The summed E-state index contributed by atoms with van der Waals surface area (Å²) in [5.74, 6) is 0.649. The maximum atomic E-state index is 4.30. The molecule has 0 aliphatic heterocycles. The Balaban J connectivity index is 2.08. The van der Waals surface area contributed by atoms with Crippen molar-refractivity contribution in [1.29, 1.82) is 0 Å². The highest BCUT2D eigenvalue weighted by Crippen LogP contribution is 2.19. The number of hydrogen-bond donors (Lipinski definition) is 0. The van der Waals surface area contributed by atoms with Gasteiger partial charge in [0.2, 0.25) is 0 Å². The van der Waals surface area contributed by atoms with Crippen LogP contribution in [-0.2, 0) is 6.54 Å². The molecular weight excluding hydrogens is 208 g/mol. The number of aryl methyl sites for hydroxylation is 1. The molecule has 0 spiro atoms. The summed E-state index contributed by atoms with van der Waals surface area (Å²) in [6.45, 7) is 7.42. The lowest BCUT2D eigenvalue weighted by molar-refractivity contribution is 0.684. The molecule has 2 heteroatoms. The molecule has 1 aromatic heterocycles. The van der Waals surface area contributed by atoms with Gasteiger partial charge >= 0.3 is 0 Å². The Kier molecular flexibility index (Phi) is 3.62. The van der Waals surface area contributed by atoms with Crippen LogP contribution in [0.4, 0.5) is 0 Å². The van der Waals surface area contributed by atoms with E-state index in [-0.39, 0.29) is 0 Å². The Morgan fingerprint density at radius 2 is 1.94 bits per heavy atom. The van der Waals surface area contributed by atoms with E-state index in [1.165, 1.54) is 23.1 Å². The third kappa shape index (κ3) is 2.96. The van der Waals surface area contributed by atoms with E-state index in [1.807, 2.05) is 10.9 Å². The standard InChI is InChI=1S/C15H20N2/c1-4-13(3)15-7-5-14(6-8-15)11-17-10-12(2)9-16-17/h5-10,13H,4,11H2,1-3H3. The van der Waals surface area contributed by atoms with Gasteiger partial charge in [-0.05, 0) is 36.0 Å². The first-order valence-corrected chi connectivity index (χ1v) is 6.27. The first-order chi connectivity index (χ1) is 8.19. The molecule has 90 valence electrons. The molecule has 1 unspecified atom stereocenters.